The first-order chi connectivity index (χ1) is 9.33. The van der Waals surface area contributed by atoms with Crippen LogP contribution in [0.3, 0.4) is 0 Å². The highest BCUT2D eigenvalue weighted by atomic mass is 15.4. The average Bonchev–Trinajstić information content (AvgIpc) is 3.09. The molecular weight excluding hydrogens is 240 g/mol. The Morgan fingerprint density at radius 1 is 1.37 bits per heavy atom. The molecule has 0 amide bonds. The van der Waals surface area contributed by atoms with Crippen LogP contribution in [0.25, 0.3) is 0 Å². The van der Waals surface area contributed by atoms with E-state index in [0.717, 1.165) is 24.7 Å². The van der Waals surface area contributed by atoms with Crippen LogP contribution in [0.2, 0.25) is 0 Å². The van der Waals surface area contributed by atoms with E-state index in [0.29, 0.717) is 6.04 Å². The second-order valence-electron chi connectivity index (χ2n) is 5.14. The van der Waals surface area contributed by atoms with Gasteiger partial charge in [-0.15, -0.1) is 5.10 Å². The van der Waals surface area contributed by atoms with Gasteiger partial charge in [-0.25, -0.2) is 4.98 Å². The first-order valence-corrected chi connectivity index (χ1v) is 6.96. The van der Waals surface area contributed by atoms with E-state index in [9.17, 15) is 0 Å². The minimum Gasteiger partial charge on any atom is -0.354 e. The number of imidazole rings is 1. The molecule has 0 atom stereocenters. The first kappa shape index (κ1) is 12.2. The molecule has 2 aromatic rings. The van der Waals surface area contributed by atoms with Crippen molar-refractivity contribution >= 4 is 5.95 Å². The Hall–Kier alpha value is -1.85. The lowest BCUT2D eigenvalue weighted by molar-refractivity contribution is 0.520. The second-order valence-corrected chi connectivity index (χ2v) is 5.14. The molecule has 0 unspecified atom stereocenters. The number of aromatic nitrogens is 5. The Bertz CT molecular complexity index is 509. The summed E-state index contributed by atoms with van der Waals surface area (Å²) in [5.74, 6) is 0.990. The van der Waals surface area contributed by atoms with Gasteiger partial charge in [0.25, 0.3) is 0 Å². The van der Waals surface area contributed by atoms with E-state index < -0.39 is 0 Å². The summed E-state index contributed by atoms with van der Waals surface area (Å²) in [5, 5.41) is 11.2. The van der Waals surface area contributed by atoms with Crippen LogP contribution in [0.1, 0.15) is 37.4 Å². The maximum absolute atomic E-state index is 4.58. The van der Waals surface area contributed by atoms with Gasteiger partial charge in [0.15, 0.2) is 0 Å². The number of hydrogen-bond donors (Lipinski definition) is 1. The van der Waals surface area contributed by atoms with Crippen molar-refractivity contribution < 1.29 is 0 Å². The van der Waals surface area contributed by atoms with E-state index in [1.54, 1.807) is 6.20 Å². The van der Waals surface area contributed by atoms with E-state index in [1.165, 1.54) is 25.7 Å². The van der Waals surface area contributed by atoms with Gasteiger partial charge in [0, 0.05) is 25.0 Å². The van der Waals surface area contributed by atoms with E-state index in [-0.39, 0.29) is 0 Å². The SMILES string of the molecule is Cc1cn(C2CCCC2)c(NCCn2ccnn2)n1. The smallest absolute Gasteiger partial charge is 0.203 e. The van der Waals surface area contributed by atoms with Crippen LogP contribution in [0.5, 0.6) is 0 Å². The summed E-state index contributed by atoms with van der Waals surface area (Å²) in [4.78, 5) is 4.58. The summed E-state index contributed by atoms with van der Waals surface area (Å²) in [6.07, 6.45) is 10.9. The van der Waals surface area contributed by atoms with Gasteiger partial charge in [-0.1, -0.05) is 18.1 Å². The van der Waals surface area contributed by atoms with Crippen LogP contribution < -0.4 is 5.32 Å². The molecule has 1 fully saturated rings. The van der Waals surface area contributed by atoms with E-state index >= 15 is 0 Å². The zero-order valence-electron chi connectivity index (χ0n) is 11.3. The zero-order valence-corrected chi connectivity index (χ0v) is 11.3. The van der Waals surface area contributed by atoms with Crippen LogP contribution in [0.15, 0.2) is 18.6 Å². The predicted octanol–water partition coefficient (Wildman–Crippen LogP) is 2.01. The summed E-state index contributed by atoms with van der Waals surface area (Å²) < 4.78 is 4.13. The van der Waals surface area contributed by atoms with Crippen LogP contribution >= 0.6 is 0 Å². The van der Waals surface area contributed by atoms with Gasteiger partial charge < -0.3 is 9.88 Å². The summed E-state index contributed by atoms with van der Waals surface area (Å²) in [5.41, 5.74) is 1.08. The molecule has 0 spiro atoms. The number of rotatable bonds is 5. The molecule has 1 aliphatic carbocycles. The summed E-state index contributed by atoms with van der Waals surface area (Å²) >= 11 is 0. The van der Waals surface area contributed by atoms with Gasteiger partial charge in [-0.05, 0) is 19.8 Å². The lowest BCUT2D eigenvalue weighted by Gasteiger charge is -2.15. The van der Waals surface area contributed by atoms with Crippen molar-refractivity contribution in [2.75, 3.05) is 11.9 Å². The largest absolute Gasteiger partial charge is 0.354 e. The third kappa shape index (κ3) is 2.77. The average molecular weight is 260 g/mol. The molecule has 1 saturated carbocycles. The van der Waals surface area contributed by atoms with E-state index in [1.807, 2.05) is 17.8 Å². The van der Waals surface area contributed by atoms with Crippen molar-refractivity contribution in [3.63, 3.8) is 0 Å². The summed E-state index contributed by atoms with van der Waals surface area (Å²) in [6.45, 7) is 3.66. The fraction of sp³-hybridized carbons (Fsp3) is 0.615. The van der Waals surface area contributed by atoms with E-state index in [2.05, 4.69) is 31.4 Å². The molecule has 19 heavy (non-hydrogen) atoms. The van der Waals surface area contributed by atoms with Crippen LogP contribution in [-0.4, -0.2) is 31.1 Å². The van der Waals surface area contributed by atoms with Gasteiger partial charge in [0.05, 0.1) is 18.4 Å². The Labute approximate surface area is 112 Å². The molecule has 3 rings (SSSR count). The monoisotopic (exact) mass is 260 g/mol. The first-order valence-electron chi connectivity index (χ1n) is 6.96. The minimum atomic E-state index is 0.620. The van der Waals surface area contributed by atoms with Crippen molar-refractivity contribution in [3.05, 3.63) is 24.3 Å². The third-order valence-corrected chi connectivity index (χ3v) is 3.67. The summed E-state index contributed by atoms with van der Waals surface area (Å²) in [7, 11) is 0. The highest BCUT2D eigenvalue weighted by Gasteiger charge is 2.19. The number of aryl methyl sites for hydroxylation is 1. The number of nitrogens with one attached hydrogen (secondary N) is 1. The quantitative estimate of drug-likeness (QED) is 0.893. The fourth-order valence-corrected chi connectivity index (χ4v) is 2.74. The zero-order chi connectivity index (χ0) is 13.1. The lowest BCUT2D eigenvalue weighted by Crippen LogP contribution is -2.15. The third-order valence-electron chi connectivity index (χ3n) is 3.67. The topological polar surface area (TPSA) is 60.6 Å². The van der Waals surface area contributed by atoms with Gasteiger partial charge in [-0.2, -0.15) is 0 Å². The normalized spacial score (nSPS) is 16.1. The number of hydrogen-bond acceptors (Lipinski definition) is 4. The van der Waals surface area contributed by atoms with Crippen LogP contribution in [0.4, 0.5) is 5.95 Å². The second kappa shape index (κ2) is 5.42. The maximum Gasteiger partial charge on any atom is 0.203 e. The fourth-order valence-electron chi connectivity index (χ4n) is 2.74. The number of anilines is 1. The van der Waals surface area contributed by atoms with E-state index in [4.69, 9.17) is 0 Å². The molecule has 102 valence electrons. The Balaban J connectivity index is 1.63. The molecule has 0 radical (unpaired) electrons. The molecule has 0 aliphatic heterocycles. The lowest BCUT2D eigenvalue weighted by atomic mass is 10.2. The molecule has 1 N–H and O–H groups in total. The van der Waals surface area contributed by atoms with Crippen molar-refractivity contribution in [3.8, 4) is 0 Å². The van der Waals surface area contributed by atoms with Crippen molar-refractivity contribution in [1.29, 1.82) is 0 Å². The molecule has 1 aliphatic rings. The molecule has 6 nitrogen and oxygen atoms in total. The van der Waals surface area contributed by atoms with Crippen molar-refractivity contribution in [2.24, 2.45) is 0 Å². The van der Waals surface area contributed by atoms with Gasteiger partial charge in [0.2, 0.25) is 5.95 Å². The van der Waals surface area contributed by atoms with Crippen LogP contribution in [0, 0.1) is 6.92 Å². The Kier molecular flexibility index (Phi) is 3.48. The highest BCUT2D eigenvalue weighted by molar-refractivity contribution is 5.29. The van der Waals surface area contributed by atoms with Crippen molar-refractivity contribution in [1.82, 2.24) is 24.5 Å². The molecule has 6 heteroatoms. The molecule has 2 heterocycles. The van der Waals surface area contributed by atoms with Crippen molar-refractivity contribution in [2.45, 2.75) is 45.2 Å². The molecule has 0 bridgehead atoms. The number of nitrogens with zero attached hydrogens (tertiary/aromatic N) is 5. The van der Waals surface area contributed by atoms with Gasteiger partial charge >= 0.3 is 0 Å². The highest BCUT2D eigenvalue weighted by Crippen LogP contribution is 2.31. The van der Waals surface area contributed by atoms with Gasteiger partial charge in [0.1, 0.15) is 0 Å². The summed E-state index contributed by atoms with van der Waals surface area (Å²) in [6, 6.07) is 0.620. The molecule has 2 aromatic heterocycles. The standard InChI is InChI=1S/C13H20N6/c1-11-10-19(12-4-2-3-5-12)13(16-11)14-6-8-18-9-7-15-17-18/h7,9-10,12H,2-6,8H2,1H3,(H,14,16). The molecule has 0 aromatic carbocycles. The molecule has 0 saturated heterocycles. The Morgan fingerprint density at radius 2 is 2.21 bits per heavy atom. The maximum atomic E-state index is 4.58. The molecular formula is C13H20N6. The minimum absolute atomic E-state index is 0.620. The van der Waals surface area contributed by atoms with Gasteiger partial charge in [-0.3, -0.25) is 4.68 Å². The predicted molar refractivity (Wildman–Crippen MR) is 73.0 cm³/mol. The van der Waals surface area contributed by atoms with Crippen LogP contribution in [-0.2, 0) is 6.54 Å². The Morgan fingerprint density at radius 3 is 2.95 bits per heavy atom.